The molecule has 1 fully saturated rings. The summed E-state index contributed by atoms with van der Waals surface area (Å²) in [6, 6.07) is 3.13. The molecule has 0 radical (unpaired) electrons. The predicted octanol–water partition coefficient (Wildman–Crippen LogP) is 2.65. The van der Waals surface area contributed by atoms with Gasteiger partial charge < -0.3 is 16.4 Å². The maximum atomic E-state index is 11.8. The number of nitrogen functional groups attached to an aromatic ring is 1. The Balaban J connectivity index is 2.05. The molecule has 0 bridgehead atoms. The molecule has 1 saturated carbocycles. The van der Waals surface area contributed by atoms with Crippen molar-refractivity contribution in [1.29, 1.82) is 0 Å². The van der Waals surface area contributed by atoms with Gasteiger partial charge in [-0.25, -0.2) is 0 Å². The van der Waals surface area contributed by atoms with Gasteiger partial charge in [0.15, 0.2) is 0 Å². The van der Waals surface area contributed by atoms with E-state index in [0.717, 1.165) is 12.8 Å². The normalized spacial score (nSPS) is 16.2. The van der Waals surface area contributed by atoms with Gasteiger partial charge in [-0.1, -0.05) is 23.2 Å². The zero-order chi connectivity index (χ0) is 13.3. The lowest BCUT2D eigenvalue weighted by Crippen LogP contribution is -2.38. The van der Waals surface area contributed by atoms with Crippen molar-refractivity contribution in [3.8, 4) is 0 Å². The third kappa shape index (κ3) is 3.21. The van der Waals surface area contributed by atoms with Crippen LogP contribution in [-0.4, -0.2) is 18.0 Å². The van der Waals surface area contributed by atoms with Crippen LogP contribution in [0.25, 0.3) is 0 Å². The Morgan fingerprint density at radius 2 is 1.94 bits per heavy atom. The summed E-state index contributed by atoms with van der Waals surface area (Å²) < 4.78 is 0. The number of nitrogens with two attached hydrogens (primary N) is 1. The Hall–Kier alpha value is -1.13. The molecule has 6 heteroatoms. The van der Waals surface area contributed by atoms with Crippen molar-refractivity contribution in [2.75, 3.05) is 11.1 Å². The van der Waals surface area contributed by atoms with E-state index in [0.29, 0.717) is 27.5 Å². The van der Waals surface area contributed by atoms with Gasteiger partial charge in [-0.2, -0.15) is 0 Å². The summed E-state index contributed by atoms with van der Waals surface area (Å²) in [6.07, 6.45) is 2.11. The van der Waals surface area contributed by atoms with Crippen molar-refractivity contribution in [2.45, 2.75) is 31.8 Å². The van der Waals surface area contributed by atoms with E-state index in [-0.39, 0.29) is 5.91 Å². The Kier molecular flexibility index (Phi) is 3.88. The minimum absolute atomic E-state index is 0.0542. The summed E-state index contributed by atoms with van der Waals surface area (Å²) in [6.45, 7) is 1.76. The lowest BCUT2D eigenvalue weighted by Gasteiger charge is -2.17. The number of anilines is 2. The van der Waals surface area contributed by atoms with Crippen molar-refractivity contribution in [1.82, 2.24) is 5.32 Å². The molecule has 0 heterocycles. The van der Waals surface area contributed by atoms with Gasteiger partial charge in [-0.05, 0) is 31.9 Å². The molecule has 1 aliphatic carbocycles. The number of amides is 1. The van der Waals surface area contributed by atoms with E-state index in [1.54, 1.807) is 19.1 Å². The van der Waals surface area contributed by atoms with E-state index >= 15 is 0 Å². The largest absolute Gasteiger partial charge is 0.399 e. The van der Waals surface area contributed by atoms with Crippen LogP contribution in [0.2, 0.25) is 10.0 Å². The minimum Gasteiger partial charge on any atom is -0.399 e. The molecular formula is C12H15Cl2N3O. The topological polar surface area (TPSA) is 67.1 Å². The second-order valence-corrected chi connectivity index (χ2v) is 5.32. The summed E-state index contributed by atoms with van der Waals surface area (Å²) >= 11 is 12.1. The zero-order valence-corrected chi connectivity index (χ0v) is 11.5. The van der Waals surface area contributed by atoms with Gasteiger partial charge in [0.1, 0.15) is 6.04 Å². The molecule has 2 rings (SSSR count). The number of rotatable bonds is 4. The van der Waals surface area contributed by atoms with Crippen LogP contribution in [0.5, 0.6) is 0 Å². The van der Waals surface area contributed by atoms with E-state index in [2.05, 4.69) is 10.6 Å². The Bertz CT molecular complexity index is 451. The van der Waals surface area contributed by atoms with Crippen molar-refractivity contribution >= 4 is 40.5 Å². The lowest BCUT2D eigenvalue weighted by atomic mass is 10.2. The van der Waals surface area contributed by atoms with Crippen molar-refractivity contribution in [2.24, 2.45) is 0 Å². The predicted molar refractivity (Wildman–Crippen MR) is 75.1 cm³/mol. The average molecular weight is 288 g/mol. The van der Waals surface area contributed by atoms with Crippen LogP contribution in [0.1, 0.15) is 19.8 Å². The number of hydrogen-bond donors (Lipinski definition) is 3. The van der Waals surface area contributed by atoms with Crippen LogP contribution in [0, 0.1) is 0 Å². The highest BCUT2D eigenvalue weighted by molar-refractivity contribution is 6.39. The van der Waals surface area contributed by atoms with Crippen molar-refractivity contribution in [3.63, 3.8) is 0 Å². The van der Waals surface area contributed by atoms with Gasteiger partial charge >= 0.3 is 0 Å². The molecule has 0 spiro atoms. The highest BCUT2D eigenvalue weighted by Gasteiger charge is 2.26. The minimum atomic E-state index is -0.399. The molecule has 1 aliphatic rings. The van der Waals surface area contributed by atoms with Crippen LogP contribution in [0.15, 0.2) is 12.1 Å². The molecule has 1 amide bonds. The molecule has 1 aromatic carbocycles. The first kappa shape index (κ1) is 13.3. The van der Waals surface area contributed by atoms with E-state index < -0.39 is 6.04 Å². The van der Waals surface area contributed by atoms with Gasteiger partial charge in [0.25, 0.3) is 0 Å². The van der Waals surface area contributed by atoms with Crippen molar-refractivity contribution in [3.05, 3.63) is 22.2 Å². The fraction of sp³-hybridized carbons (Fsp3) is 0.417. The van der Waals surface area contributed by atoms with Crippen LogP contribution >= 0.6 is 23.2 Å². The van der Waals surface area contributed by atoms with Crippen molar-refractivity contribution < 1.29 is 4.79 Å². The first-order chi connectivity index (χ1) is 8.47. The van der Waals surface area contributed by atoms with Gasteiger partial charge in [-0.3, -0.25) is 4.79 Å². The number of hydrogen-bond acceptors (Lipinski definition) is 3. The van der Waals surface area contributed by atoms with Gasteiger partial charge in [0.05, 0.1) is 15.7 Å². The number of halogens is 2. The number of benzene rings is 1. The maximum Gasteiger partial charge on any atom is 0.242 e. The van der Waals surface area contributed by atoms with Crippen LogP contribution in [-0.2, 0) is 4.79 Å². The molecule has 18 heavy (non-hydrogen) atoms. The summed E-state index contributed by atoms with van der Waals surface area (Å²) in [4.78, 5) is 11.8. The van der Waals surface area contributed by atoms with Gasteiger partial charge in [0, 0.05) is 11.7 Å². The highest BCUT2D eigenvalue weighted by Crippen LogP contribution is 2.33. The lowest BCUT2D eigenvalue weighted by molar-refractivity contribution is -0.121. The highest BCUT2D eigenvalue weighted by atomic mass is 35.5. The fourth-order valence-electron chi connectivity index (χ4n) is 1.57. The third-order valence-corrected chi connectivity index (χ3v) is 3.34. The van der Waals surface area contributed by atoms with Gasteiger partial charge in [0.2, 0.25) is 5.91 Å². The van der Waals surface area contributed by atoms with E-state index in [4.69, 9.17) is 28.9 Å². The monoisotopic (exact) mass is 287 g/mol. The quantitative estimate of drug-likeness (QED) is 0.746. The Morgan fingerprint density at radius 1 is 1.39 bits per heavy atom. The van der Waals surface area contributed by atoms with Crippen LogP contribution < -0.4 is 16.4 Å². The van der Waals surface area contributed by atoms with E-state index in [1.165, 1.54) is 0 Å². The summed E-state index contributed by atoms with van der Waals surface area (Å²) in [5.41, 5.74) is 6.64. The SMILES string of the molecule is CC(Nc1c(Cl)cc(N)cc1Cl)C(=O)NC1CC1. The third-order valence-electron chi connectivity index (χ3n) is 2.74. The zero-order valence-electron chi connectivity index (χ0n) is 9.97. The van der Waals surface area contributed by atoms with E-state index in [1.807, 2.05) is 0 Å². The molecular weight excluding hydrogens is 273 g/mol. The smallest absolute Gasteiger partial charge is 0.242 e. The first-order valence-corrected chi connectivity index (χ1v) is 6.54. The summed E-state index contributed by atoms with van der Waals surface area (Å²) in [5, 5.41) is 6.74. The Morgan fingerprint density at radius 3 is 2.44 bits per heavy atom. The molecule has 4 N–H and O–H groups in total. The molecule has 98 valence electrons. The van der Waals surface area contributed by atoms with Crippen LogP contribution in [0.4, 0.5) is 11.4 Å². The second-order valence-electron chi connectivity index (χ2n) is 4.51. The summed E-state index contributed by atoms with van der Waals surface area (Å²) in [7, 11) is 0. The standard InChI is InChI=1S/C12H15Cl2N3O/c1-6(12(18)17-8-2-3-8)16-11-9(13)4-7(15)5-10(11)14/h4-6,8,16H,2-3,15H2,1H3,(H,17,18). The molecule has 4 nitrogen and oxygen atoms in total. The summed E-state index contributed by atoms with van der Waals surface area (Å²) in [5.74, 6) is -0.0542. The molecule has 0 aliphatic heterocycles. The first-order valence-electron chi connectivity index (χ1n) is 5.79. The Labute approximate surface area is 116 Å². The average Bonchev–Trinajstić information content (AvgIpc) is 3.06. The maximum absolute atomic E-state index is 11.8. The molecule has 1 aromatic rings. The second kappa shape index (κ2) is 5.24. The fourth-order valence-corrected chi connectivity index (χ4v) is 2.18. The molecule has 1 unspecified atom stereocenters. The van der Waals surface area contributed by atoms with E-state index in [9.17, 15) is 4.79 Å². The number of carbonyl (C=O) groups is 1. The number of nitrogens with one attached hydrogen (secondary N) is 2. The number of carbonyl (C=O) groups excluding carboxylic acids is 1. The molecule has 0 aromatic heterocycles. The van der Waals surface area contributed by atoms with Gasteiger partial charge in [-0.15, -0.1) is 0 Å². The van der Waals surface area contributed by atoms with Crippen LogP contribution in [0.3, 0.4) is 0 Å². The molecule has 0 saturated heterocycles. The molecule has 1 atom stereocenters.